The van der Waals surface area contributed by atoms with Crippen LogP contribution in [0.1, 0.15) is 38.0 Å². The smallest absolute Gasteiger partial charge is 0.339 e. The van der Waals surface area contributed by atoms with E-state index in [1.54, 1.807) is 7.11 Å². The van der Waals surface area contributed by atoms with E-state index in [1.807, 2.05) is 13.0 Å². The normalized spacial score (nSPS) is 12.9. The van der Waals surface area contributed by atoms with Crippen LogP contribution in [0.5, 0.6) is 5.75 Å². The van der Waals surface area contributed by atoms with Gasteiger partial charge in [-0.3, -0.25) is 0 Å². The summed E-state index contributed by atoms with van der Waals surface area (Å²) in [4.78, 5) is 11.3. The van der Waals surface area contributed by atoms with Gasteiger partial charge in [0.05, 0.1) is 13.2 Å². The van der Waals surface area contributed by atoms with Crippen LogP contribution in [0.25, 0.3) is 6.08 Å². The van der Waals surface area contributed by atoms with E-state index in [0.717, 1.165) is 18.4 Å². The maximum absolute atomic E-state index is 11.3. The van der Waals surface area contributed by atoms with E-state index >= 15 is 0 Å². The van der Waals surface area contributed by atoms with Crippen LogP contribution in [-0.2, 0) is 0 Å². The predicted molar refractivity (Wildman–Crippen MR) is 69.4 cm³/mol. The van der Waals surface area contributed by atoms with Crippen molar-refractivity contribution in [3.05, 3.63) is 33.9 Å². The Morgan fingerprint density at radius 3 is 2.82 bits per heavy atom. The Hall–Kier alpha value is -1.51. The van der Waals surface area contributed by atoms with Gasteiger partial charge in [-0.15, -0.1) is 0 Å². The van der Waals surface area contributed by atoms with E-state index in [2.05, 4.69) is 19.9 Å². The summed E-state index contributed by atoms with van der Waals surface area (Å²) in [7, 11) is 1.55. The summed E-state index contributed by atoms with van der Waals surface area (Å²) in [5.41, 5.74) is 0.474. The first-order chi connectivity index (χ1) is 8.08. The Kier molecular flexibility index (Phi) is 5.01. The van der Waals surface area contributed by atoms with E-state index in [0.29, 0.717) is 17.4 Å². The zero-order chi connectivity index (χ0) is 12.8. The van der Waals surface area contributed by atoms with Crippen molar-refractivity contribution >= 4 is 6.08 Å². The fraction of sp³-hybridized carbons (Fsp3) is 0.500. The molecule has 0 aliphatic carbocycles. The summed E-state index contributed by atoms with van der Waals surface area (Å²) in [6.45, 7) is 6.18. The molecule has 3 nitrogen and oxygen atoms in total. The maximum atomic E-state index is 11.3. The average molecular weight is 236 g/mol. The van der Waals surface area contributed by atoms with Crippen molar-refractivity contribution in [1.82, 2.24) is 0 Å². The van der Waals surface area contributed by atoms with Gasteiger partial charge in [0.25, 0.3) is 0 Å². The molecule has 0 unspecified atom stereocenters. The highest BCUT2D eigenvalue weighted by Crippen LogP contribution is 2.20. The topological polar surface area (TPSA) is 39.4 Å². The summed E-state index contributed by atoms with van der Waals surface area (Å²) in [6.07, 6.45) is 6.20. The van der Waals surface area contributed by atoms with Crippen molar-refractivity contribution in [2.24, 2.45) is 5.92 Å². The molecule has 17 heavy (non-hydrogen) atoms. The standard InChI is InChI=1S/C14H20O3/c1-5-6-10(2)7-8-12-11(3)13(16-4)9-14(15)17-12/h7-10H,5-6H2,1-4H3/b8-7+/t10-/m1/s1. The SMILES string of the molecule is CCC[C@@H](C)/C=C/c1oc(=O)cc(OC)c1C. The molecule has 0 radical (unpaired) electrons. The number of allylic oxidation sites excluding steroid dienone is 1. The fourth-order valence-corrected chi connectivity index (χ4v) is 1.73. The van der Waals surface area contributed by atoms with Crippen molar-refractivity contribution in [3.8, 4) is 5.75 Å². The van der Waals surface area contributed by atoms with Gasteiger partial charge in [-0.25, -0.2) is 4.79 Å². The average Bonchev–Trinajstić information content (AvgIpc) is 2.30. The second-order valence-corrected chi connectivity index (χ2v) is 4.25. The molecule has 0 saturated heterocycles. The van der Waals surface area contributed by atoms with Gasteiger partial charge in [-0.2, -0.15) is 0 Å². The largest absolute Gasteiger partial charge is 0.496 e. The minimum absolute atomic E-state index is 0.379. The van der Waals surface area contributed by atoms with Gasteiger partial charge in [0, 0.05) is 5.56 Å². The molecule has 1 atom stereocenters. The highest BCUT2D eigenvalue weighted by atomic mass is 16.5. The molecular formula is C14H20O3. The van der Waals surface area contributed by atoms with E-state index in [1.165, 1.54) is 6.07 Å². The van der Waals surface area contributed by atoms with E-state index in [-0.39, 0.29) is 5.63 Å². The minimum atomic E-state index is -0.379. The molecule has 0 fully saturated rings. The zero-order valence-corrected chi connectivity index (χ0v) is 10.9. The quantitative estimate of drug-likeness (QED) is 0.786. The number of rotatable bonds is 5. The molecule has 0 aromatic carbocycles. The lowest BCUT2D eigenvalue weighted by Gasteiger charge is -2.06. The van der Waals surface area contributed by atoms with Gasteiger partial charge in [0.1, 0.15) is 11.5 Å². The highest BCUT2D eigenvalue weighted by molar-refractivity contribution is 5.51. The molecule has 0 spiro atoms. The zero-order valence-electron chi connectivity index (χ0n) is 10.9. The fourth-order valence-electron chi connectivity index (χ4n) is 1.73. The monoisotopic (exact) mass is 236 g/mol. The Morgan fingerprint density at radius 2 is 2.24 bits per heavy atom. The Labute approximate surface area is 102 Å². The third kappa shape index (κ3) is 3.77. The number of hydrogen-bond acceptors (Lipinski definition) is 3. The van der Waals surface area contributed by atoms with Gasteiger partial charge in [-0.05, 0) is 25.3 Å². The van der Waals surface area contributed by atoms with E-state index < -0.39 is 0 Å². The van der Waals surface area contributed by atoms with Gasteiger partial charge in [0.2, 0.25) is 0 Å². The molecule has 0 N–H and O–H groups in total. The van der Waals surface area contributed by atoms with Crippen LogP contribution in [0.4, 0.5) is 0 Å². The van der Waals surface area contributed by atoms with Crippen LogP contribution in [-0.4, -0.2) is 7.11 Å². The van der Waals surface area contributed by atoms with Crippen molar-refractivity contribution in [3.63, 3.8) is 0 Å². The second kappa shape index (κ2) is 6.28. The highest BCUT2D eigenvalue weighted by Gasteiger charge is 2.07. The molecule has 0 amide bonds. The summed E-state index contributed by atoms with van der Waals surface area (Å²) < 4.78 is 10.3. The van der Waals surface area contributed by atoms with Crippen molar-refractivity contribution in [1.29, 1.82) is 0 Å². The molecule has 1 heterocycles. The van der Waals surface area contributed by atoms with E-state index in [9.17, 15) is 4.79 Å². The van der Waals surface area contributed by atoms with Crippen LogP contribution < -0.4 is 10.4 Å². The summed E-state index contributed by atoms with van der Waals surface area (Å²) in [5.74, 6) is 1.64. The molecule has 1 aromatic heterocycles. The lowest BCUT2D eigenvalue weighted by molar-refractivity contribution is 0.395. The summed E-state index contributed by atoms with van der Waals surface area (Å²) in [5, 5.41) is 0. The first-order valence-electron chi connectivity index (χ1n) is 5.95. The molecule has 0 saturated carbocycles. The summed E-state index contributed by atoms with van der Waals surface area (Å²) in [6, 6.07) is 1.36. The maximum Gasteiger partial charge on any atom is 0.339 e. The van der Waals surface area contributed by atoms with Crippen molar-refractivity contribution in [2.45, 2.75) is 33.6 Å². The first kappa shape index (κ1) is 13.6. The molecule has 1 aromatic rings. The second-order valence-electron chi connectivity index (χ2n) is 4.25. The van der Waals surface area contributed by atoms with Crippen molar-refractivity contribution < 1.29 is 9.15 Å². The van der Waals surface area contributed by atoms with Gasteiger partial charge in [-0.1, -0.05) is 26.3 Å². The number of methoxy groups -OCH3 is 1. The Bertz CT molecular complexity index is 443. The Morgan fingerprint density at radius 1 is 1.53 bits per heavy atom. The molecular weight excluding hydrogens is 216 g/mol. The number of hydrogen-bond donors (Lipinski definition) is 0. The van der Waals surface area contributed by atoms with Crippen LogP contribution in [0, 0.1) is 12.8 Å². The number of ether oxygens (including phenoxy) is 1. The molecule has 0 aliphatic rings. The third-order valence-electron chi connectivity index (χ3n) is 2.74. The molecule has 3 heteroatoms. The third-order valence-corrected chi connectivity index (χ3v) is 2.74. The van der Waals surface area contributed by atoms with Gasteiger partial charge >= 0.3 is 5.63 Å². The minimum Gasteiger partial charge on any atom is -0.496 e. The predicted octanol–water partition coefficient (Wildman–Crippen LogP) is 3.41. The van der Waals surface area contributed by atoms with Crippen LogP contribution >= 0.6 is 0 Å². The van der Waals surface area contributed by atoms with Gasteiger partial charge in [0.15, 0.2) is 0 Å². The van der Waals surface area contributed by atoms with Crippen molar-refractivity contribution in [2.75, 3.05) is 7.11 Å². The molecule has 94 valence electrons. The first-order valence-corrected chi connectivity index (χ1v) is 5.95. The van der Waals surface area contributed by atoms with Crippen LogP contribution in [0.3, 0.4) is 0 Å². The lowest BCUT2D eigenvalue weighted by atomic mass is 10.0. The van der Waals surface area contributed by atoms with Gasteiger partial charge < -0.3 is 9.15 Å². The Balaban J connectivity index is 2.98. The molecule has 0 aliphatic heterocycles. The lowest BCUT2D eigenvalue weighted by Crippen LogP contribution is -2.02. The van der Waals surface area contributed by atoms with Crippen LogP contribution in [0.15, 0.2) is 21.4 Å². The molecule has 1 rings (SSSR count). The van der Waals surface area contributed by atoms with Crippen LogP contribution in [0.2, 0.25) is 0 Å². The van der Waals surface area contributed by atoms with E-state index in [4.69, 9.17) is 9.15 Å². The molecule has 0 bridgehead atoms. The summed E-state index contributed by atoms with van der Waals surface area (Å²) >= 11 is 0.